The van der Waals surface area contributed by atoms with Gasteiger partial charge in [0.1, 0.15) is 0 Å². The molecule has 4 N–H and O–H groups in total. The van der Waals surface area contributed by atoms with Crippen molar-refractivity contribution in [2.24, 2.45) is 16.5 Å². The van der Waals surface area contributed by atoms with Crippen LogP contribution in [0.5, 0.6) is 0 Å². The molecule has 1 aromatic carbocycles. The minimum atomic E-state index is -0.522. The van der Waals surface area contributed by atoms with E-state index in [1.807, 2.05) is 0 Å². The molecule has 7 heteroatoms. The quantitative estimate of drug-likeness (QED) is 0.642. The molecule has 0 radical (unpaired) electrons. The first-order valence-electron chi connectivity index (χ1n) is 7.86. The Kier molecular flexibility index (Phi) is 5.62. The molecule has 1 heterocycles. The van der Waals surface area contributed by atoms with Crippen LogP contribution in [0, 0.1) is 0 Å². The molecule has 6 nitrogen and oxygen atoms in total. The summed E-state index contributed by atoms with van der Waals surface area (Å²) in [4.78, 5) is 28.8. The maximum Gasteiger partial charge on any atom is 0.282 e. The summed E-state index contributed by atoms with van der Waals surface area (Å²) in [6.45, 7) is 0. The first-order chi connectivity index (χ1) is 11.1. The summed E-state index contributed by atoms with van der Waals surface area (Å²) in [5, 5.41) is 1.11. The molecular formula is C17H21ClN4O2. The van der Waals surface area contributed by atoms with Crippen LogP contribution in [0.2, 0.25) is 0 Å². The van der Waals surface area contributed by atoms with E-state index in [0.717, 1.165) is 25.7 Å². The van der Waals surface area contributed by atoms with E-state index in [4.69, 9.17) is 11.5 Å². The number of amides is 1. The summed E-state index contributed by atoms with van der Waals surface area (Å²) < 4.78 is 1.69. The molecule has 1 saturated carbocycles. The van der Waals surface area contributed by atoms with Gasteiger partial charge in [-0.3, -0.25) is 9.59 Å². The predicted molar refractivity (Wildman–Crippen MR) is 97.7 cm³/mol. The second-order valence-corrected chi connectivity index (χ2v) is 5.93. The summed E-state index contributed by atoms with van der Waals surface area (Å²) in [7, 11) is 0. The van der Waals surface area contributed by atoms with Crippen LogP contribution in [0.1, 0.15) is 48.5 Å². The number of carbonyl (C=O) groups excluding carboxylic acids is 1. The zero-order valence-corrected chi connectivity index (χ0v) is 14.1. The number of nitrogens with zero attached hydrogens (tertiary/aromatic N) is 2. The minimum Gasteiger partial charge on any atom is -0.370 e. The summed E-state index contributed by atoms with van der Waals surface area (Å²) in [6.07, 6.45) is 6.92. The van der Waals surface area contributed by atoms with Gasteiger partial charge in [0.2, 0.25) is 0 Å². The number of hydrogen-bond donors (Lipinski definition) is 2. The number of rotatable bonds is 2. The monoisotopic (exact) mass is 348 g/mol. The zero-order valence-electron chi connectivity index (χ0n) is 13.3. The fourth-order valence-corrected chi connectivity index (χ4v) is 3.29. The highest BCUT2D eigenvalue weighted by atomic mass is 35.5. The van der Waals surface area contributed by atoms with E-state index in [9.17, 15) is 9.59 Å². The maximum absolute atomic E-state index is 12.8. The molecule has 0 aliphatic heterocycles. The molecule has 1 aliphatic carbocycles. The fraction of sp³-hybridized carbons (Fsp3) is 0.353. The van der Waals surface area contributed by atoms with Gasteiger partial charge < -0.3 is 16.0 Å². The van der Waals surface area contributed by atoms with Crippen LogP contribution in [-0.4, -0.2) is 16.4 Å². The summed E-state index contributed by atoms with van der Waals surface area (Å²) in [6, 6.07) is 7.20. The van der Waals surface area contributed by atoms with Gasteiger partial charge in [-0.1, -0.05) is 37.5 Å². The number of carbonyl (C=O) groups is 1. The largest absolute Gasteiger partial charge is 0.370 e. The number of aliphatic imine (C=N–C) groups is 1. The van der Waals surface area contributed by atoms with Crippen LogP contribution in [0.15, 0.2) is 40.2 Å². The average molecular weight is 349 g/mol. The van der Waals surface area contributed by atoms with Crippen molar-refractivity contribution in [3.05, 3.63) is 46.4 Å². The van der Waals surface area contributed by atoms with Crippen molar-refractivity contribution in [1.29, 1.82) is 0 Å². The second-order valence-electron chi connectivity index (χ2n) is 5.93. The molecular weight excluding hydrogens is 328 g/mol. The van der Waals surface area contributed by atoms with E-state index in [-0.39, 0.29) is 30.0 Å². The first-order valence-corrected chi connectivity index (χ1v) is 7.86. The predicted octanol–water partition coefficient (Wildman–Crippen LogP) is 2.34. The van der Waals surface area contributed by atoms with Crippen LogP contribution in [0.25, 0.3) is 10.8 Å². The number of nitrogens with two attached hydrogens (primary N) is 2. The van der Waals surface area contributed by atoms with Gasteiger partial charge in [0.25, 0.3) is 11.5 Å². The number of hydrogen-bond acceptors (Lipinski definition) is 2. The molecule has 2 aromatic rings. The van der Waals surface area contributed by atoms with Crippen LogP contribution in [0.3, 0.4) is 0 Å². The smallest absolute Gasteiger partial charge is 0.282 e. The van der Waals surface area contributed by atoms with Crippen molar-refractivity contribution in [3.63, 3.8) is 0 Å². The Balaban J connectivity index is 0.00000208. The normalized spacial score (nSPS) is 14.8. The molecule has 0 atom stereocenters. The van der Waals surface area contributed by atoms with Crippen molar-refractivity contribution in [3.8, 4) is 0 Å². The number of fused-ring (bicyclic) bond motifs is 1. The molecule has 0 saturated heterocycles. The lowest BCUT2D eigenvalue weighted by Crippen LogP contribution is -2.28. The molecule has 0 spiro atoms. The van der Waals surface area contributed by atoms with Crippen molar-refractivity contribution in [1.82, 2.24) is 4.57 Å². The van der Waals surface area contributed by atoms with E-state index >= 15 is 0 Å². The van der Waals surface area contributed by atoms with Crippen molar-refractivity contribution < 1.29 is 4.79 Å². The van der Waals surface area contributed by atoms with Gasteiger partial charge in [0, 0.05) is 23.0 Å². The Bertz CT molecular complexity index is 834. The van der Waals surface area contributed by atoms with E-state index in [0.29, 0.717) is 16.3 Å². The van der Waals surface area contributed by atoms with Gasteiger partial charge in [-0.05, 0) is 18.9 Å². The highest BCUT2D eigenvalue weighted by Gasteiger charge is 2.20. The van der Waals surface area contributed by atoms with Gasteiger partial charge >= 0.3 is 0 Å². The Hall–Kier alpha value is -2.34. The van der Waals surface area contributed by atoms with E-state index in [1.165, 1.54) is 6.42 Å². The van der Waals surface area contributed by atoms with Crippen molar-refractivity contribution in [2.45, 2.75) is 38.1 Å². The van der Waals surface area contributed by atoms with Crippen LogP contribution >= 0.6 is 12.4 Å². The lowest BCUT2D eigenvalue weighted by molar-refractivity contribution is 0.100. The fourth-order valence-electron chi connectivity index (χ4n) is 3.29. The molecule has 1 amide bonds. The molecule has 3 rings (SSSR count). The van der Waals surface area contributed by atoms with Gasteiger partial charge in [-0.2, -0.15) is 4.99 Å². The molecule has 1 fully saturated rings. The average Bonchev–Trinajstić information content (AvgIpc) is 2.55. The number of benzene rings is 1. The SMILES string of the molecule is Cl.NC(N)=NC(=O)c1cn(C2CCCCC2)c(=O)c2ccccc12. The topological polar surface area (TPSA) is 103 Å². The minimum absolute atomic E-state index is 0. The van der Waals surface area contributed by atoms with Crippen LogP contribution in [-0.2, 0) is 0 Å². The van der Waals surface area contributed by atoms with E-state index in [2.05, 4.69) is 4.99 Å². The van der Waals surface area contributed by atoms with Crippen LogP contribution in [0.4, 0.5) is 0 Å². The Morgan fingerprint density at radius 1 is 1.08 bits per heavy atom. The molecule has 0 unspecified atom stereocenters. The van der Waals surface area contributed by atoms with Crippen LogP contribution < -0.4 is 17.0 Å². The van der Waals surface area contributed by atoms with Gasteiger partial charge in [-0.25, -0.2) is 0 Å². The molecule has 24 heavy (non-hydrogen) atoms. The maximum atomic E-state index is 12.8. The molecule has 1 aliphatic rings. The third kappa shape index (κ3) is 3.43. The lowest BCUT2D eigenvalue weighted by atomic mass is 9.94. The van der Waals surface area contributed by atoms with E-state index < -0.39 is 5.91 Å². The third-order valence-electron chi connectivity index (χ3n) is 4.38. The van der Waals surface area contributed by atoms with Gasteiger partial charge in [0.15, 0.2) is 5.96 Å². The Labute approximate surface area is 146 Å². The van der Waals surface area contributed by atoms with Crippen molar-refractivity contribution >= 4 is 35.0 Å². The van der Waals surface area contributed by atoms with Gasteiger partial charge in [-0.15, -0.1) is 12.4 Å². The zero-order chi connectivity index (χ0) is 16.4. The Morgan fingerprint density at radius 2 is 1.71 bits per heavy atom. The third-order valence-corrected chi connectivity index (χ3v) is 4.38. The lowest BCUT2D eigenvalue weighted by Gasteiger charge is -2.24. The highest BCUT2D eigenvalue weighted by Crippen LogP contribution is 2.28. The molecule has 0 bridgehead atoms. The summed E-state index contributed by atoms with van der Waals surface area (Å²) in [5.41, 5.74) is 10.9. The van der Waals surface area contributed by atoms with E-state index in [1.54, 1.807) is 35.0 Å². The number of halogens is 1. The highest BCUT2D eigenvalue weighted by molar-refractivity contribution is 6.10. The van der Waals surface area contributed by atoms with Gasteiger partial charge in [0.05, 0.1) is 5.56 Å². The summed E-state index contributed by atoms with van der Waals surface area (Å²) in [5.74, 6) is -0.805. The van der Waals surface area contributed by atoms with Crippen molar-refractivity contribution in [2.75, 3.05) is 0 Å². The molecule has 128 valence electrons. The number of guanidine groups is 1. The Morgan fingerprint density at radius 3 is 2.33 bits per heavy atom. The summed E-state index contributed by atoms with van der Waals surface area (Å²) >= 11 is 0. The molecule has 1 aromatic heterocycles. The standard InChI is InChI=1S/C17H20N4O2.ClH/c18-17(19)20-15(22)14-10-21(11-6-2-1-3-7-11)16(23)13-9-5-4-8-12(13)14;/h4-5,8-11H,1-3,6-7H2,(H4,18,19,20,22);1H. The first kappa shape index (κ1) is 18.0. The number of aromatic nitrogens is 1. The second kappa shape index (κ2) is 7.49. The number of pyridine rings is 1.